The summed E-state index contributed by atoms with van der Waals surface area (Å²) in [6, 6.07) is 7.31. The van der Waals surface area contributed by atoms with Gasteiger partial charge in [-0.2, -0.15) is 0 Å². The molecule has 1 atom stereocenters. The molecule has 0 bridgehead atoms. The summed E-state index contributed by atoms with van der Waals surface area (Å²) < 4.78 is 0. The van der Waals surface area contributed by atoms with Crippen molar-refractivity contribution in [2.24, 2.45) is 0 Å². The van der Waals surface area contributed by atoms with E-state index in [9.17, 15) is 0 Å². The highest BCUT2D eigenvalue weighted by atomic mass is 32.2. The molecule has 2 rings (SSSR count). The Morgan fingerprint density at radius 2 is 2.24 bits per heavy atom. The molecular formula is C14H21NOS. The second kappa shape index (κ2) is 5.89. The van der Waals surface area contributed by atoms with E-state index in [0.717, 1.165) is 12.6 Å². The van der Waals surface area contributed by atoms with Gasteiger partial charge >= 0.3 is 0 Å². The number of rotatable bonds is 6. The summed E-state index contributed by atoms with van der Waals surface area (Å²) in [5.74, 6) is 0. The van der Waals surface area contributed by atoms with Crippen LogP contribution in [-0.4, -0.2) is 23.0 Å². The van der Waals surface area contributed by atoms with E-state index >= 15 is 0 Å². The zero-order chi connectivity index (χ0) is 12.3. The molecule has 1 aromatic carbocycles. The minimum atomic E-state index is 0.230. The normalized spacial score (nSPS) is 17.1. The molecule has 2 N–H and O–H groups in total. The van der Waals surface area contributed by atoms with Crippen LogP contribution >= 0.6 is 11.8 Å². The number of aryl methyl sites for hydroxylation is 1. The molecule has 17 heavy (non-hydrogen) atoms. The molecule has 94 valence electrons. The van der Waals surface area contributed by atoms with Crippen LogP contribution in [0.2, 0.25) is 0 Å². The first kappa shape index (κ1) is 12.9. The van der Waals surface area contributed by atoms with Crippen LogP contribution < -0.4 is 5.32 Å². The Morgan fingerprint density at radius 1 is 1.47 bits per heavy atom. The molecule has 0 aliphatic heterocycles. The van der Waals surface area contributed by atoms with Gasteiger partial charge in [0.05, 0.1) is 6.61 Å². The van der Waals surface area contributed by atoms with Gasteiger partial charge in [0.2, 0.25) is 0 Å². The summed E-state index contributed by atoms with van der Waals surface area (Å²) in [5, 5.41) is 13.0. The Hall–Kier alpha value is -0.510. The van der Waals surface area contributed by atoms with Crippen molar-refractivity contribution >= 4 is 11.8 Å². The van der Waals surface area contributed by atoms with Crippen molar-refractivity contribution in [1.29, 1.82) is 0 Å². The van der Waals surface area contributed by atoms with Gasteiger partial charge in [0.15, 0.2) is 0 Å². The molecule has 0 radical (unpaired) electrons. The smallest absolute Gasteiger partial charge is 0.0550 e. The van der Waals surface area contributed by atoms with Crippen LogP contribution in [0.15, 0.2) is 23.1 Å². The van der Waals surface area contributed by atoms with Gasteiger partial charge in [-0.1, -0.05) is 24.6 Å². The lowest BCUT2D eigenvalue weighted by molar-refractivity contribution is 0.300. The minimum Gasteiger partial charge on any atom is -0.395 e. The fourth-order valence-electron chi connectivity index (χ4n) is 1.76. The van der Waals surface area contributed by atoms with E-state index in [0.29, 0.717) is 0 Å². The van der Waals surface area contributed by atoms with E-state index in [-0.39, 0.29) is 11.9 Å². The summed E-state index contributed by atoms with van der Waals surface area (Å²) in [6.07, 6.45) is 2.64. The molecule has 0 saturated heterocycles. The second-order valence-electron chi connectivity index (χ2n) is 4.88. The van der Waals surface area contributed by atoms with Crippen LogP contribution in [-0.2, 0) is 6.54 Å². The molecule has 0 spiro atoms. The second-order valence-corrected chi connectivity index (χ2v) is 6.36. The minimum absolute atomic E-state index is 0.230. The third kappa shape index (κ3) is 4.02. The molecule has 0 aromatic heterocycles. The third-order valence-corrected chi connectivity index (χ3v) is 4.16. The topological polar surface area (TPSA) is 32.3 Å². The van der Waals surface area contributed by atoms with Gasteiger partial charge in [-0.25, -0.2) is 0 Å². The van der Waals surface area contributed by atoms with E-state index in [4.69, 9.17) is 5.11 Å². The van der Waals surface area contributed by atoms with Crippen LogP contribution in [0, 0.1) is 6.92 Å². The number of benzene rings is 1. The summed E-state index contributed by atoms with van der Waals surface area (Å²) >= 11 is 1.76. The number of aliphatic hydroxyl groups is 1. The summed E-state index contributed by atoms with van der Waals surface area (Å²) in [4.78, 5) is 1.30. The van der Waals surface area contributed by atoms with Gasteiger partial charge < -0.3 is 10.4 Å². The highest BCUT2D eigenvalue weighted by Gasteiger charge is 2.20. The molecule has 1 aliphatic rings. The molecule has 1 aromatic rings. The van der Waals surface area contributed by atoms with Crippen LogP contribution in [0.25, 0.3) is 0 Å². The molecule has 1 aliphatic carbocycles. The highest BCUT2D eigenvalue weighted by molar-refractivity contribution is 8.00. The van der Waals surface area contributed by atoms with Crippen LogP contribution in [0.5, 0.6) is 0 Å². The largest absolute Gasteiger partial charge is 0.395 e. The maximum absolute atomic E-state index is 9.13. The fraction of sp³-hybridized carbons (Fsp3) is 0.571. The zero-order valence-electron chi connectivity index (χ0n) is 10.6. The van der Waals surface area contributed by atoms with E-state index < -0.39 is 0 Å². The monoisotopic (exact) mass is 251 g/mol. The van der Waals surface area contributed by atoms with E-state index in [1.165, 1.54) is 28.9 Å². The van der Waals surface area contributed by atoms with E-state index in [2.05, 4.69) is 37.4 Å². The summed E-state index contributed by atoms with van der Waals surface area (Å²) in [6.45, 7) is 5.37. The molecule has 3 heteroatoms. The maximum atomic E-state index is 9.13. The number of nitrogens with one attached hydrogen (secondary N) is 1. The number of thioether (sulfide) groups is 1. The third-order valence-electron chi connectivity index (χ3n) is 2.96. The van der Waals surface area contributed by atoms with E-state index in [1.54, 1.807) is 11.8 Å². The Bertz CT molecular complexity index is 376. The van der Waals surface area contributed by atoms with E-state index in [1.807, 2.05) is 0 Å². The Morgan fingerprint density at radius 3 is 2.88 bits per heavy atom. The summed E-state index contributed by atoms with van der Waals surface area (Å²) in [7, 11) is 0. The van der Waals surface area contributed by atoms with Gasteiger partial charge in [-0.3, -0.25) is 0 Å². The molecule has 2 nitrogen and oxygen atoms in total. The van der Waals surface area contributed by atoms with Crippen LogP contribution in [0.4, 0.5) is 0 Å². The van der Waals surface area contributed by atoms with Crippen molar-refractivity contribution in [3.63, 3.8) is 0 Å². The van der Waals surface area contributed by atoms with Gasteiger partial charge in [0.1, 0.15) is 0 Å². The molecular weight excluding hydrogens is 230 g/mol. The Balaban J connectivity index is 2.05. The quantitative estimate of drug-likeness (QED) is 0.763. The Labute approximate surface area is 108 Å². The zero-order valence-corrected chi connectivity index (χ0v) is 11.4. The lowest BCUT2D eigenvalue weighted by atomic mass is 10.1. The average molecular weight is 251 g/mol. The van der Waals surface area contributed by atoms with Crippen molar-refractivity contribution in [2.45, 2.75) is 49.4 Å². The van der Waals surface area contributed by atoms with Gasteiger partial charge in [0.25, 0.3) is 0 Å². The van der Waals surface area contributed by atoms with Crippen molar-refractivity contribution in [3.8, 4) is 0 Å². The van der Waals surface area contributed by atoms with Gasteiger partial charge in [0, 0.05) is 22.7 Å². The van der Waals surface area contributed by atoms with Gasteiger partial charge in [-0.15, -0.1) is 11.8 Å². The summed E-state index contributed by atoms with van der Waals surface area (Å²) in [5.41, 5.74) is 2.67. The van der Waals surface area contributed by atoms with Gasteiger partial charge in [-0.05, 0) is 31.4 Å². The molecule has 0 heterocycles. The first-order valence-electron chi connectivity index (χ1n) is 6.29. The number of aliphatic hydroxyl groups excluding tert-OH is 1. The number of hydrogen-bond acceptors (Lipinski definition) is 3. The van der Waals surface area contributed by atoms with Crippen molar-refractivity contribution in [1.82, 2.24) is 5.32 Å². The SMILES string of the molecule is Cc1ccc(SC(C)CO)c(CNC2CC2)c1. The van der Waals surface area contributed by atoms with Crippen LogP contribution in [0.1, 0.15) is 30.9 Å². The number of hydrogen-bond donors (Lipinski definition) is 2. The molecule has 0 amide bonds. The standard InChI is InChI=1S/C14H21NOS/c1-10-3-6-14(17-11(2)9-16)12(7-10)8-15-13-4-5-13/h3,6-7,11,13,15-16H,4-5,8-9H2,1-2H3. The highest BCUT2D eigenvalue weighted by Crippen LogP contribution is 2.28. The lowest BCUT2D eigenvalue weighted by Gasteiger charge is -2.14. The molecule has 1 saturated carbocycles. The molecule has 1 unspecified atom stereocenters. The predicted molar refractivity (Wildman–Crippen MR) is 73.4 cm³/mol. The predicted octanol–water partition coefficient (Wildman–Crippen LogP) is 2.72. The van der Waals surface area contributed by atoms with Crippen molar-refractivity contribution < 1.29 is 5.11 Å². The maximum Gasteiger partial charge on any atom is 0.0550 e. The Kier molecular flexibility index (Phi) is 4.48. The first-order valence-corrected chi connectivity index (χ1v) is 7.17. The van der Waals surface area contributed by atoms with Crippen LogP contribution in [0.3, 0.4) is 0 Å². The van der Waals surface area contributed by atoms with Crippen molar-refractivity contribution in [3.05, 3.63) is 29.3 Å². The lowest BCUT2D eigenvalue weighted by Crippen LogP contribution is -2.16. The molecule has 1 fully saturated rings. The first-order chi connectivity index (χ1) is 8.19. The van der Waals surface area contributed by atoms with Crippen molar-refractivity contribution in [2.75, 3.05) is 6.61 Å². The average Bonchev–Trinajstić information content (AvgIpc) is 3.13. The fourth-order valence-corrected chi connectivity index (χ4v) is 2.69.